The Balaban J connectivity index is 1.65. The minimum absolute atomic E-state index is 0.0462. The zero-order chi connectivity index (χ0) is 13.0. The summed E-state index contributed by atoms with van der Waals surface area (Å²) >= 11 is 0. The van der Waals surface area contributed by atoms with Gasteiger partial charge in [0.1, 0.15) is 0 Å². The number of aliphatic carboxylic acids is 1. The Labute approximate surface area is 105 Å². The standard InChI is InChI=1S/C12H18N2O4/c15-11(10-7-9(12(16)17)14-18-10)13-6-5-8-3-1-2-4-8/h8,10H,1-7H2,(H,13,15)(H,16,17). The summed E-state index contributed by atoms with van der Waals surface area (Å²) in [4.78, 5) is 27.1. The van der Waals surface area contributed by atoms with E-state index in [1.165, 1.54) is 25.7 Å². The lowest BCUT2D eigenvalue weighted by atomic mass is 10.0. The number of carboxylic acids is 1. The van der Waals surface area contributed by atoms with Crippen LogP contribution in [0.3, 0.4) is 0 Å². The first-order chi connectivity index (χ1) is 8.66. The van der Waals surface area contributed by atoms with Crippen LogP contribution in [-0.2, 0) is 14.4 Å². The maximum atomic E-state index is 11.7. The van der Waals surface area contributed by atoms with Crippen molar-refractivity contribution in [3.8, 4) is 0 Å². The summed E-state index contributed by atoms with van der Waals surface area (Å²) in [5.74, 6) is -0.676. The zero-order valence-electron chi connectivity index (χ0n) is 10.2. The Morgan fingerprint density at radius 2 is 2.11 bits per heavy atom. The fraction of sp³-hybridized carbons (Fsp3) is 0.750. The molecule has 2 N–H and O–H groups in total. The van der Waals surface area contributed by atoms with Crippen LogP contribution in [0.1, 0.15) is 38.5 Å². The van der Waals surface area contributed by atoms with Crippen LogP contribution in [0, 0.1) is 5.92 Å². The number of carbonyl (C=O) groups excluding carboxylic acids is 1. The molecule has 2 aliphatic rings. The first kappa shape index (κ1) is 12.9. The summed E-state index contributed by atoms with van der Waals surface area (Å²) in [6.45, 7) is 0.631. The third-order valence-electron chi connectivity index (χ3n) is 3.53. The van der Waals surface area contributed by atoms with E-state index in [0.717, 1.165) is 12.3 Å². The second-order valence-electron chi connectivity index (χ2n) is 4.87. The van der Waals surface area contributed by atoms with Gasteiger partial charge in [0.05, 0.1) is 0 Å². The van der Waals surface area contributed by atoms with E-state index in [0.29, 0.717) is 6.54 Å². The highest BCUT2D eigenvalue weighted by molar-refractivity contribution is 6.36. The summed E-state index contributed by atoms with van der Waals surface area (Å²) in [6, 6.07) is 0. The highest BCUT2D eigenvalue weighted by Gasteiger charge is 2.31. The maximum absolute atomic E-state index is 11.7. The van der Waals surface area contributed by atoms with E-state index in [1.54, 1.807) is 0 Å². The molecule has 0 aromatic rings. The first-order valence-corrected chi connectivity index (χ1v) is 6.40. The van der Waals surface area contributed by atoms with Crippen molar-refractivity contribution in [2.75, 3.05) is 6.54 Å². The van der Waals surface area contributed by atoms with Gasteiger partial charge in [0.2, 0.25) is 6.10 Å². The van der Waals surface area contributed by atoms with Crippen LogP contribution in [0.5, 0.6) is 0 Å². The fourth-order valence-electron chi connectivity index (χ4n) is 2.46. The van der Waals surface area contributed by atoms with Crippen molar-refractivity contribution in [3.05, 3.63) is 0 Å². The van der Waals surface area contributed by atoms with Gasteiger partial charge in [-0.25, -0.2) is 4.79 Å². The third kappa shape index (κ3) is 3.21. The van der Waals surface area contributed by atoms with Crippen molar-refractivity contribution in [1.29, 1.82) is 0 Å². The lowest BCUT2D eigenvalue weighted by Gasteiger charge is -2.12. The van der Waals surface area contributed by atoms with Gasteiger partial charge in [-0.15, -0.1) is 0 Å². The smallest absolute Gasteiger partial charge is 0.353 e. The molecule has 1 atom stereocenters. The zero-order valence-corrected chi connectivity index (χ0v) is 10.2. The molecule has 6 heteroatoms. The van der Waals surface area contributed by atoms with Crippen molar-refractivity contribution in [2.24, 2.45) is 11.1 Å². The SMILES string of the molecule is O=C(O)C1=NOC(C(=O)NCCC2CCCC2)C1. The molecule has 100 valence electrons. The molecule has 2 rings (SSSR count). The molecular weight excluding hydrogens is 236 g/mol. The molecule has 0 spiro atoms. The predicted molar refractivity (Wildman–Crippen MR) is 64.1 cm³/mol. The van der Waals surface area contributed by atoms with E-state index in [1.807, 2.05) is 0 Å². The van der Waals surface area contributed by atoms with Crippen LogP contribution in [0.2, 0.25) is 0 Å². The number of amides is 1. The highest BCUT2D eigenvalue weighted by Crippen LogP contribution is 2.26. The van der Waals surface area contributed by atoms with Gasteiger partial charge in [0.15, 0.2) is 5.71 Å². The normalized spacial score (nSPS) is 23.6. The highest BCUT2D eigenvalue weighted by atomic mass is 16.6. The molecule has 1 amide bonds. The molecule has 0 radical (unpaired) electrons. The van der Waals surface area contributed by atoms with E-state index in [2.05, 4.69) is 10.5 Å². The molecule has 1 fully saturated rings. The predicted octanol–water partition coefficient (Wildman–Crippen LogP) is 0.912. The molecule has 1 aliphatic heterocycles. The van der Waals surface area contributed by atoms with Gasteiger partial charge in [0, 0.05) is 13.0 Å². The number of nitrogens with zero attached hydrogens (tertiary/aromatic N) is 1. The average molecular weight is 254 g/mol. The Bertz CT molecular complexity index is 361. The van der Waals surface area contributed by atoms with Gasteiger partial charge in [-0.1, -0.05) is 30.8 Å². The van der Waals surface area contributed by atoms with Gasteiger partial charge in [-0.3, -0.25) is 4.79 Å². The molecule has 0 saturated heterocycles. The summed E-state index contributed by atoms with van der Waals surface area (Å²) in [7, 11) is 0. The minimum atomic E-state index is -1.13. The number of hydrogen-bond donors (Lipinski definition) is 2. The second kappa shape index (κ2) is 5.84. The van der Waals surface area contributed by atoms with E-state index < -0.39 is 12.1 Å². The van der Waals surface area contributed by atoms with Crippen molar-refractivity contribution in [2.45, 2.75) is 44.6 Å². The second-order valence-corrected chi connectivity index (χ2v) is 4.87. The lowest BCUT2D eigenvalue weighted by molar-refractivity contribution is -0.131. The van der Waals surface area contributed by atoms with E-state index >= 15 is 0 Å². The largest absolute Gasteiger partial charge is 0.477 e. The number of oxime groups is 1. The van der Waals surface area contributed by atoms with Crippen molar-refractivity contribution < 1.29 is 19.5 Å². The maximum Gasteiger partial charge on any atom is 0.353 e. The van der Waals surface area contributed by atoms with Crippen LogP contribution >= 0.6 is 0 Å². The molecule has 0 aromatic carbocycles. The van der Waals surface area contributed by atoms with E-state index in [-0.39, 0.29) is 18.0 Å². The van der Waals surface area contributed by atoms with Gasteiger partial charge >= 0.3 is 5.97 Å². The van der Waals surface area contributed by atoms with Crippen LogP contribution in [0.4, 0.5) is 0 Å². The summed E-state index contributed by atoms with van der Waals surface area (Å²) in [6.07, 6.45) is 5.35. The lowest BCUT2D eigenvalue weighted by Crippen LogP contribution is -2.36. The first-order valence-electron chi connectivity index (χ1n) is 6.40. The minimum Gasteiger partial charge on any atom is -0.477 e. The molecular formula is C12H18N2O4. The van der Waals surface area contributed by atoms with Gasteiger partial charge in [0.25, 0.3) is 5.91 Å². The molecule has 1 saturated carbocycles. The van der Waals surface area contributed by atoms with E-state index in [9.17, 15) is 9.59 Å². The molecule has 6 nitrogen and oxygen atoms in total. The van der Waals surface area contributed by atoms with Crippen LogP contribution < -0.4 is 5.32 Å². The van der Waals surface area contributed by atoms with Crippen molar-refractivity contribution in [1.82, 2.24) is 5.32 Å². The van der Waals surface area contributed by atoms with Gasteiger partial charge in [-0.2, -0.15) is 0 Å². The van der Waals surface area contributed by atoms with Crippen LogP contribution in [0.15, 0.2) is 5.16 Å². The Morgan fingerprint density at radius 3 is 2.72 bits per heavy atom. The Hall–Kier alpha value is -1.59. The molecule has 0 bridgehead atoms. The third-order valence-corrected chi connectivity index (χ3v) is 3.53. The number of carboxylic acid groups (broad SMARTS) is 1. The fourth-order valence-corrected chi connectivity index (χ4v) is 2.46. The summed E-state index contributed by atoms with van der Waals surface area (Å²) < 4.78 is 0. The van der Waals surface area contributed by atoms with Crippen molar-refractivity contribution in [3.63, 3.8) is 0 Å². The van der Waals surface area contributed by atoms with Crippen molar-refractivity contribution >= 4 is 17.6 Å². The number of carbonyl (C=O) groups is 2. The molecule has 18 heavy (non-hydrogen) atoms. The summed E-state index contributed by atoms with van der Waals surface area (Å²) in [5, 5.41) is 14.9. The van der Waals surface area contributed by atoms with E-state index in [4.69, 9.17) is 9.94 Å². The topological polar surface area (TPSA) is 88.0 Å². The number of nitrogens with one attached hydrogen (secondary N) is 1. The summed E-state index contributed by atoms with van der Waals surface area (Å²) in [5.41, 5.74) is -0.0917. The number of hydrogen-bond acceptors (Lipinski definition) is 4. The monoisotopic (exact) mass is 254 g/mol. The molecule has 1 unspecified atom stereocenters. The number of rotatable bonds is 5. The van der Waals surface area contributed by atoms with Crippen LogP contribution in [0.25, 0.3) is 0 Å². The molecule has 1 heterocycles. The average Bonchev–Trinajstić information content (AvgIpc) is 2.99. The molecule has 1 aliphatic carbocycles. The van der Waals surface area contributed by atoms with Crippen LogP contribution in [-0.4, -0.2) is 35.3 Å². The quantitative estimate of drug-likeness (QED) is 0.763. The Morgan fingerprint density at radius 1 is 1.39 bits per heavy atom. The Kier molecular flexibility index (Phi) is 4.17. The van der Waals surface area contributed by atoms with Gasteiger partial charge < -0.3 is 15.3 Å². The molecule has 0 aromatic heterocycles. The van der Waals surface area contributed by atoms with Gasteiger partial charge in [-0.05, 0) is 12.3 Å².